The number of halogens is 4. The fourth-order valence-electron chi connectivity index (χ4n) is 4.59. The quantitative estimate of drug-likeness (QED) is 0.185. The van der Waals surface area contributed by atoms with E-state index in [4.69, 9.17) is 4.74 Å². The number of thiophene rings is 1. The van der Waals surface area contributed by atoms with E-state index in [0.29, 0.717) is 45.5 Å². The van der Waals surface area contributed by atoms with Crippen LogP contribution in [0.3, 0.4) is 0 Å². The molecule has 2 N–H and O–H groups in total. The van der Waals surface area contributed by atoms with Gasteiger partial charge in [0, 0.05) is 29.3 Å². The van der Waals surface area contributed by atoms with Crippen molar-refractivity contribution in [2.45, 2.75) is 31.2 Å². The van der Waals surface area contributed by atoms with Gasteiger partial charge in [0.1, 0.15) is 19.1 Å². The molecular weight excluding hydrogens is 549 g/mol. The molecule has 0 radical (unpaired) electrons. The molecule has 1 aliphatic heterocycles. The van der Waals surface area contributed by atoms with E-state index in [2.05, 4.69) is 22.5 Å². The van der Waals surface area contributed by atoms with Crippen LogP contribution in [-0.2, 0) is 4.57 Å². The highest BCUT2D eigenvalue weighted by Gasteiger charge is 2.31. The molecule has 0 spiro atoms. The Morgan fingerprint density at radius 1 is 1.21 bits per heavy atom. The standard InChI is InChI=1S/C28H32F4N3O2PS/c1-35-14-12-20(19(29)16-35)34-22-8-5-7-18-25(26(30)28(31)32)24(39-27(18)22)9-6-13-33-21-11-10-17(38(3,4)36)15-23(21)37-2/h5,7-8,10-11,15,19-20,26,28,33-34H,12-14,16H2,1-4H3. The summed E-state index contributed by atoms with van der Waals surface area (Å²) >= 11 is 1.12. The van der Waals surface area contributed by atoms with Gasteiger partial charge in [0.25, 0.3) is 6.43 Å². The highest BCUT2D eigenvalue weighted by molar-refractivity contribution is 7.70. The fraction of sp³-hybridized carbons (Fsp3) is 0.429. The molecule has 1 aromatic heterocycles. The average Bonchev–Trinajstić information content (AvgIpc) is 3.26. The molecule has 1 fully saturated rings. The summed E-state index contributed by atoms with van der Waals surface area (Å²) in [5, 5.41) is 7.36. The molecule has 1 saturated heterocycles. The maximum absolute atomic E-state index is 14.8. The zero-order chi connectivity index (χ0) is 28.3. The van der Waals surface area contributed by atoms with Gasteiger partial charge in [-0.1, -0.05) is 24.0 Å². The minimum Gasteiger partial charge on any atom is -0.495 e. The van der Waals surface area contributed by atoms with E-state index >= 15 is 0 Å². The van der Waals surface area contributed by atoms with E-state index in [9.17, 15) is 22.1 Å². The normalized spacial score (nSPS) is 19.0. The molecule has 5 nitrogen and oxygen atoms in total. The van der Waals surface area contributed by atoms with Crippen LogP contribution in [0.1, 0.15) is 23.0 Å². The monoisotopic (exact) mass is 581 g/mol. The topological polar surface area (TPSA) is 53.6 Å². The molecule has 210 valence electrons. The lowest BCUT2D eigenvalue weighted by molar-refractivity contribution is 0.0504. The zero-order valence-corrected chi connectivity index (χ0v) is 23.9. The summed E-state index contributed by atoms with van der Waals surface area (Å²) < 4.78 is 74.9. The van der Waals surface area contributed by atoms with Crippen LogP contribution in [0.15, 0.2) is 36.4 Å². The first kappa shape index (κ1) is 29.3. The van der Waals surface area contributed by atoms with E-state index in [1.807, 2.05) is 11.9 Å². The summed E-state index contributed by atoms with van der Waals surface area (Å²) in [6.45, 7) is 4.51. The van der Waals surface area contributed by atoms with Crippen LogP contribution in [0, 0.1) is 11.8 Å². The van der Waals surface area contributed by atoms with Gasteiger partial charge in [0.05, 0.1) is 40.6 Å². The summed E-state index contributed by atoms with van der Waals surface area (Å²) in [5.74, 6) is 6.26. The van der Waals surface area contributed by atoms with Gasteiger partial charge < -0.3 is 24.8 Å². The van der Waals surface area contributed by atoms with Crippen molar-refractivity contribution in [3.05, 3.63) is 46.8 Å². The molecule has 3 unspecified atom stereocenters. The molecule has 3 aromatic rings. The second kappa shape index (κ2) is 12.2. The summed E-state index contributed by atoms with van der Waals surface area (Å²) in [7, 11) is 0.896. The first-order chi connectivity index (χ1) is 18.5. The maximum Gasteiger partial charge on any atom is 0.273 e. The van der Waals surface area contributed by atoms with Crippen molar-refractivity contribution in [2.75, 3.05) is 57.8 Å². The summed E-state index contributed by atoms with van der Waals surface area (Å²) in [6.07, 6.45) is -6.22. The number of hydrogen-bond donors (Lipinski definition) is 2. The number of rotatable bonds is 8. The largest absolute Gasteiger partial charge is 0.495 e. The summed E-state index contributed by atoms with van der Waals surface area (Å²) in [5.41, 5.74) is 1.06. The maximum atomic E-state index is 14.8. The first-order valence-corrected chi connectivity index (χ1v) is 15.9. The number of nitrogens with one attached hydrogen (secondary N) is 2. The van der Waals surface area contributed by atoms with Gasteiger partial charge in [-0.2, -0.15) is 0 Å². The molecule has 3 atom stereocenters. The van der Waals surface area contributed by atoms with Crippen LogP contribution in [0.4, 0.5) is 28.9 Å². The SMILES string of the molecule is COc1cc(P(C)(C)=O)ccc1NCC#Cc1sc2c(NC3CCN(C)CC3F)cccc2c1C(F)C(F)F. The minimum atomic E-state index is -3.21. The van der Waals surface area contributed by atoms with E-state index < -0.39 is 32.0 Å². The van der Waals surface area contributed by atoms with Crippen molar-refractivity contribution in [1.82, 2.24) is 4.90 Å². The lowest BCUT2D eigenvalue weighted by Gasteiger charge is -2.33. The molecule has 0 aliphatic carbocycles. The van der Waals surface area contributed by atoms with Gasteiger partial charge in [-0.15, -0.1) is 11.3 Å². The third-order valence-electron chi connectivity index (χ3n) is 6.71. The number of hydrogen-bond acceptors (Lipinski definition) is 6. The van der Waals surface area contributed by atoms with Crippen molar-refractivity contribution in [2.24, 2.45) is 0 Å². The molecule has 2 aromatic carbocycles. The molecule has 0 bridgehead atoms. The zero-order valence-electron chi connectivity index (χ0n) is 22.2. The third kappa shape index (κ3) is 6.71. The van der Waals surface area contributed by atoms with Crippen LogP contribution in [0.2, 0.25) is 0 Å². The van der Waals surface area contributed by atoms with Crippen molar-refractivity contribution >= 4 is 45.2 Å². The predicted octanol–water partition coefficient (Wildman–Crippen LogP) is 6.35. The van der Waals surface area contributed by atoms with Crippen molar-refractivity contribution in [3.63, 3.8) is 0 Å². The molecular formula is C28H32F4N3O2PS. The Kier molecular flexibility index (Phi) is 9.15. The summed E-state index contributed by atoms with van der Waals surface area (Å²) in [6, 6.07) is 9.78. The van der Waals surface area contributed by atoms with Gasteiger partial charge >= 0.3 is 0 Å². The van der Waals surface area contributed by atoms with E-state index in [0.717, 1.165) is 17.9 Å². The lowest BCUT2D eigenvalue weighted by Crippen LogP contribution is -2.46. The van der Waals surface area contributed by atoms with Crippen LogP contribution in [-0.4, -0.2) is 70.7 Å². The fourth-order valence-corrected chi connectivity index (χ4v) is 6.63. The van der Waals surface area contributed by atoms with Crippen LogP contribution < -0.4 is 20.7 Å². The van der Waals surface area contributed by atoms with Gasteiger partial charge in [-0.3, -0.25) is 0 Å². The molecule has 4 rings (SSSR count). The number of piperidine rings is 1. The van der Waals surface area contributed by atoms with Gasteiger partial charge in [0.2, 0.25) is 0 Å². The van der Waals surface area contributed by atoms with Crippen molar-refractivity contribution < 1.29 is 26.9 Å². The van der Waals surface area contributed by atoms with Gasteiger partial charge in [-0.05, 0) is 51.1 Å². The summed E-state index contributed by atoms with van der Waals surface area (Å²) in [4.78, 5) is 2.12. The molecule has 11 heteroatoms. The smallest absolute Gasteiger partial charge is 0.273 e. The molecule has 1 aliphatic rings. The van der Waals surface area contributed by atoms with Crippen molar-refractivity contribution in [3.8, 4) is 17.6 Å². The Morgan fingerprint density at radius 2 is 1.97 bits per heavy atom. The number of methoxy groups -OCH3 is 1. The van der Waals surface area contributed by atoms with Crippen molar-refractivity contribution in [1.29, 1.82) is 0 Å². The van der Waals surface area contributed by atoms with E-state index in [1.54, 1.807) is 49.7 Å². The molecule has 0 saturated carbocycles. The third-order valence-corrected chi connectivity index (χ3v) is 9.40. The number of benzene rings is 2. The Hall–Kier alpha value is -2.73. The Labute approximate surface area is 230 Å². The van der Waals surface area contributed by atoms with E-state index in [1.165, 1.54) is 7.11 Å². The van der Waals surface area contributed by atoms with Gasteiger partial charge in [0.15, 0.2) is 6.17 Å². The molecule has 0 amide bonds. The number of alkyl halides is 4. The highest BCUT2D eigenvalue weighted by atomic mass is 32.1. The number of likely N-dealkylation sites (tertiary alicyclic amines) is 1. The van der Waals surface area contributed by atoms with Crippen LogP contribution >= 0.6 is 18.5 Å². The average molecular weight is 582 g/mol. The minimum absolute atomic E-state index is 0.134. The second-order valence-corrected chi connectivity index (χ2v) is 14.2. The molecule has 2 heterocycles. The van der Waals surface area contributed by atoms with E-state index in [-0.39, 0.29) is 17.0 Å². The van der Waals surface area contributed by atoms with Crippen LogP contribution in [0.5, 0.6) is 5.75 Å². The van der Waals surface area contributed by atoms with Crippen LogP contribution in [0.25, 0.3) is 10.1 Å². The predicted molar refractivity (Wildman–Crippen MR) is 154 cm³/mol. The second-order valence-electron chi connectivity index (χ2n) is 9.97. The Bertz CT molecular complexity index is 1430. The lowest BCUT2D eigenvalue weighted by atomic mass is 10.0. The van der Waals surface area contributed by atoms with Gasteiger partial charge in [-0.25, -0.2) is 17.6 Å². The Balaban J connectivity index is 1.61. The molecule has 39 heavy (non-hydrogen) atoms. The first-order valence-electron chi connectivity index (χ1n) is 12.5. The Morgan fingerprint density at radius 3 is 2.64 bits per heavy atom. The number of nitrogens with zero attached hydrogens (tertiary/aromatic N) is 1. The highest BCUT2D eigenvalue weighted by Crippen LogP contribution is 2.42. The number of fused-ring (bicyclic) bond motifs is 1. The number of anilines is 2. The number of ether oxygens (including phenoxy) is 1.